The van der Waals surface area contributed by atoms with Gasteiger partial charge < -0.3 is 34.1 Å². The van der Waals surface area contributed by atoms with Gasteiger partial charge in [-0.3, -0.25) is 24.0 Å². The molecule has 9 aromatic rings. The van der Waals surface area contributed by atoms with Gasteiger partial charge in [0.05, 0.1) is 125 Å². The molecule has 6 aliphatic rings. The van der Waals surface area contributed by atoms with E-state index >= 15 is 0 Å². The van der Waals surface area contributed by atoms with Crippen LogP contribution in [0.3, 0.4) is 0 Å². The Kier molecular flexibility index (Phi) is 33.5. The van der Waals surface area contributed by atoms with Crippen LogP contribution < -0.4 is 29.0 Å². The molecule has 0 unspecified atom stereocenters. The lowest BCUT2D eigenvalue weighted by molar-refractivity contribution is -0.143. The van der Waals surface area contributed by atoms with Gasteiger partial charge in [-0.15, -0.1) is 0 Å². The van der Waals surface area contributed by atoms with E-state index in [1.54, 1.807) is 57.7 Å². The quantitative estimate of drug-likeness (QED) is 0.0457. The average Bonchev–Trinajstić information content (AvgIpc) is 1.14. The van der Waals surface area contributed by atoms with Crippen LogP contribution in [0.25, 0.3) is 74.9 Å². The zero-order valence-corrected chi connectivity index (χ0v) is 77.7. The topological polar surface area (TPSA) is 164 Å². The minimum absolute atomic E-state index is 0.0291. The van der Waals surface area contributed by atoms with E-state index in [0.717, 1.165) is 103 Å². The number of thiocarbonyl (C=S) groups is 5. The molecule has 15 rings (SSSR count). The van der Waals surface area contributed by atoms with Crippen LogP contribution in [0.2, 0.25) is 0 Å². The highest BCUT2D eigenvalue weighted by Gasteiger charge is 2.38. The molecule has 5 saturated heterocycles. The second-order valence-electron chi connectivity index (χ2n) is 29.4. The Hall–Kier alpha value is -10.1. The molecule has 0 atom stereocenters. The number of hydrogen-bond donors (Lipinski definition) is 2. The van der Waals surface area contributed by atoms with Gasteiger partial charge in [-0.1, -0.05) is 240 Å². The number of ether oxygens (including phenoxy) is 5. The van der Waals surface area contributed by atoms with E-state index in [4.69, 9.17) is 84.8 Å². The Balaban J connectivity index is 0.000000155. The van der Waals surface area contributed by atoms with Gasteiger partial charge in [0.15, 0.2) is 23.1 Å². The average molecular weight is 1930 g/mol. The zero-order chi connectivity index (χ0) is 92.7. The van der Waals surface area contributed by atoms with Gasteiger partial charge in [0.25, 0.3) is 5.91 Å². The summed E-state index contributed by atoms with van der Waals surface area (Å²) in [6, 6.07) is 48.0. The van der Waals surface area contributed by atoms with Gasteiger partial charge in [0.1, 0.15) is 38.7 Å². The van der Waals surface area contributed by atoms with Gasteiger partial charge in [0.2, 0.25) is 0 Å². The van der Waals surface area contributed by atoms with Crippen molar-refractivity contribution in [3.63, 3.8) is 0 Å². The van der Waals surface area contributed by atoms with Crippen molar-refractivity contribution in [2.45, 2.75) is 103 Å². The summed E-state index contributed by atoms with van der Waals surface area (Å²) in [7, 11) is 7.64. The number of thioether (sulfide) groups is 5. The van der Waals surface area contributed by atoms with Crippen molar-refractivity contribution in [3.8, 4) is 85.1 Å². The molecule has 1 saturated carbocycles. The molecular formula is C97H78F9NO11S10. The smallest absolute Gasteiger partial charge is 0.416 e. The third kappa shape index (κ3) is 26.8. The first kappa shape index (κ1) is 98.5. The molecule has 2 N–H and O–H groups in total. The molecule has 128 heavy (non-hydrogen) atoms. The van der Waals surface area contributed by atoms with E-state index in [0.29, 0.717) is 114 Å². The number of aryl methyl sites for hydroxylation is 3. The van der Waals surface area contributed by atoms with Crippen molar-refractivity contribution < 1.29 is 92.3 Å². The second kappa shape index (κ2) is 43.6. The molecule has 0 aromatic heterocycles. The van der Waals surface area contributed by atoms with Crippen LogP contribution >= 0.6 is 120 Å². The number of Topliss-reactive ketones (excluding diaryl/α,β-unsaturated/α-hetero) is 4. The third-order valence-electron chi connectivity index (χ3n) is 19.9. The largest absolute Gasteiger partial charge is 0.496 e. The van der Waals surface area contributed by atoms with Gasteiger partial charge in [-0.2, -0.15) is 39.5 Å². The van der Waals surface area contributed by atoms with Crippen LogP contribution in [0.1, 0.15) is 125 Å². The Morgan fingerprint density at radius 1 is 0.367 bits per heavy atom. The van der Waals surface area contributed by atoms with Crippen molar-refractivity contribution in [2.24, 2.45) is 0 Å². The standard InChI is InChI=1S/C20H12F6O2S2.C20H20O3S2.C19H13F3O2S2.C19H17NO2S2.C19H16O2S2/c1-28-16-3-2-10(5-17-15(27)9-18(29)30-17)4-14(16)11-6-12(19(21,22)23)8-13(7-11)20(24,25)26;1-23-17-6-5-14(12-18-16(21)13-19(24)25-18)11-15(17)7-10-20(22)8-3-2-4-9-20;1-24-16-6-5-11(8-17-15(23)10-18(25)26-17)7-14(16)12-3-2-4-13(9-12)19(20,21)22;1-11-6-12(2)8-14(7-11)15-9-13(4-5-16(15)22-3)10-17-18(21)20-19(23)24-17;1-12-3-6-14(7-4-12)15-9-13(5-8-17(15)21-2)10-18-16(20)11-19(22)23-18/h2-8H,9H2,1H3;5-6,11-12,22H,2-4,8-9,13H2,1H3;2-9H,10H2,1H3;4-10H,1-3H3,(H,20,21,23);3-10H,11H2,1-2H3/b17-5-;18-12-;17-8-;17-10-;18-10-. The van der Waals surface area contributed by atoms with Crippen LogP contribution in [-0.4, -0.2) is 96.4 Å². The summed E-state index contributed by atoms with van der Waals surface area (Å²) in [4.78, 5) is 62.4. The number of carbonyl (C=O) groups excluding carboxylic acids is 5. The lowest BCUT2D eigenvalue weighted by Crippen LogP contribution is -2.29. The van der Waals surface area contributed by atoms with Gasteiger partial charge in [-0.05, 0) is 218 Å². The molecule has 0 bridgehead atoms. The monoisotopic (exact) mass is 1920 g/mol. The Bertz CT molecular complexity index is 6120. The van der Waals surface area contributed by atoms with Gasteiger partial charge in [0, 0.05) is 22.3 Å². The highest BCUT2D eigenvalue weighted by atomic mass is 32.2. The minimum Gasteiger partial charge on any atom is -0.496 e. The first-order chi connectivity index (χ1) is 60.7. The number of ketones is 4. The molecule has 0 spiro atoms. The van der Waals surface area contributed by atoms with E-state index in [2.05, 4.69) is 80.4 Å². The molecule has 1 amide bonds. The number of allylic oxidation sites excluding steroid dienone is 4. The molecular weight excluding hydrogens is 1850 g/mol. The number of amides is 1. The fourth-order valence-corrected chi connectivity index (χ4v) is 19.7. The first-order valence-corrected chi connectivity index (χ1v) is 45.2. The third-order valence-corrected chi connectivity index (χ3v) is 26.4. The Morgan fingerprint density at radius 2 is 0.711 bits per heavy atom. The van der Waals surface area contributed by atoms with E-state index in [-0.39, 0.29) is 64.8 Å². The summed E-state index contributed by atoms with van der Waals surface area (Å²) in [6.07, 6.45) is 0.0855. The van der Waals surface area contributed by atoms with Gasteiger partial charge in [-0.25, -0.2) is 0 Å². The molecule has 1 aliphatic carbocycles. The van der Waals surface area contributed by atoms with Crippen molar-refractivity contribution in [1.29, 1.82) is 0 Å². The number of methoxy groups -OCH3 is 5. The number of carbonyl (C=O) groups is 5. The molecule has 12 nitrogen and oxygen atoms in total. The summed E-state index contributed by atoms with van der Waals surface area (Å²) in [6.45, 7) is 6.22. The van der Waals surface area contributed by atoms with E-state index in [1.165, 1.54) is 102 Å². The van der Waals surface area contributed by atoms with Crippen LogP contribution in [0.15, 0.2) is 200 Å². The SMILES string of the molecule is COc1ccc(/C=C2\SC(=S)CC2=O)cc1-c1cc(C(F)(F)F)cc(C(F)(F)F)c1.COc1ccc(/C=C2\SC(=S)CC2=O)cc1-c1ccc(C)cc1.COc1ccc(/C=C2\SC(=S)CC2=O)cc1-c1cccc(C(F)(F)F)c1.COc1ccc(/C=C2\SC(=S)CC2=O)cc1C#CC1(O)CCCCC1.COc1ccc(/C=C2\SC(=S)NC2=O)cc1-c1cc(C)cc(C)c1. The van der Waals surface area contributed by atoms with E-state index in [9.17, 15) is 68.6 Å². The predicted octanol–water partition coefficient (Wildman–Crippen LogP) is 26.2. The summed E-state index contributed by atoms with van der Waals surface area (Å²) in [5.41, 5.74) is 8.58. The minimum atomic E-state index is -4.97. The first-order valence-electron chi connectivity index (χ1n) is 39.0. The molecule has 5 heterocycles. The van der Waals surface area contributed by atoms with Crippen molar-refractivity contribution in [1.82, 2.24) is 5.32 Å². The van der Waals surface area contributed by atoms with Gasteiger partial charge >= 0.3 is 18.5 Å². The van der Waals surface area contributed by atoms with E-state index < -0.39 is 40.8 Å². The number of benzene rings is 9. The Morgan fingerprint density at radius 3 is 1.06 bits per heavy atom. The lowest BCUT2D eigenvalue weighted by atomic mass is 9.85. The fourth-order valence-electron chi connectivity index (χ4n) is 13.7. The maximum atomic E-state index is 13.2. The molecule has 31 heteroatoms. The maximum Gasteiger partial charge on any atom is 0.416 e. The van der Waals surface area contributed by atoms with Crippen LogP contribution in [0, 0.1) is 32.6 Å². The van der Waals surface area contributed by atoms with Crippen molar-refractivity contribution in [2.75, 3.05) is 35.5 Å². The molecule has 9 aromatic carbocycles. The van der Waals surface area contributed by atoms with E-state index in [1.807, 2.05) is 72.8 Å². The predicted molar refractivity (Wildman–Crippen MR) is 518 cm³/mol. The summed E-state index contributed by atoms with van der Waals surface area (Å²) >= 11 is 31.7. The van der Waals surface area contributed by atoms with Crippen molar-refractivity contribution in [3.05, 3.63) is 267 Å². The molecule has 5 aliphatic heterocycles. The number of alkyl halides is 9. The molecule has 6 fully saturated rings. The highest BCUT2D eigenvalue weighted by molar-refractivity contribution is 8.28. The number of aliphatic hydroxyl groups is 1. The summed E-state index contributed by atoms with van der Waals surface area (Å²) in [5, 5.41) is 13.2. The highest BCUT2D eigenvalue weighted by Crippen LogP contribution is 2.45. The second-order valence-corrected chi connectivity index (χ2v) is 38.7. The number of rotatable bonds is 14. The number of nitrogens with one attached hydrogen (secondary N) is 1. The lowest BCUT2D eigenvalue weighted by Gasteiger charge is -2.26. The van der Waals surface area contributed by atoms with Crippen LogP contribution in [0.5, 0.6) is 28.7 Å². The van der Waals surface area contributed by atoms with Crippen molar-refractivity contribution >= 4 is 200 Å². The number of hydrogen-bond acceptors (Lipinski definition) is 21. The fraction of sp³-hybridized carbons (Fsp3) is 0.216. The molecule has 660 valence electrons. The number of halogens is 9. The van der Waals surface area contributed by atoms with Crippen LogP contribution in [0.4, 0.5) is 39.5 Å². The summed E-state index contributed by atoms with van der Waals surface area (Å²) in [5.74, 6) is 8.74. The van der Waals surface area contributed by atoms with Crippen LogP contribution in [-0.2, 0) is 42.5 Å². The summed E-state index contributed by atoms with van der Waals surface area (Å²) < 4.78 is 148. The molecule has 0 radical (unpaired) electrons. The normalized spacial score (nSPS) is 17.2. The maximum absolute atomic E-state index is 13.2. The zero-order valence-electron chi connectivity index (χ0n) is 69.5. The Labute approximate surface area is 782 Å².